The maximum absolute atomic E-state index is 12.1. The normalized spacial score (nSPS) is 13.4. The van der Waals surface area contributed by atoms with E-state index in [0.29, 0.717) is 25.1 Å². The molecule has 0 aromatic heterocycles. The molecule has 1 N–H and O–H groups in total. The Morgan fingerprint density at radius 2 is 1.83 bits per heavy atom. The Kier molecular flexibility index (Phi) is 7.30. The van der Waals surface area contributed by atoms with Gasteiger partial charge in [-0.25, -0.2) is 4.79 Å². The molecule has 0 atom stereocenters. The molecule has 2 aromatic carbocycles. The van der Waals surface area contributed by atoms with Crippen LogP contribution in [0.15, 0.2) is 53.4 Å². The van der Waals surface area contributed by atoms with Crippen LogP contribution in [0, 0.1) is 6.92 Å². The van der Waals surface area contributed by atoms with Crippen LogP contribution >= 0.6 is 11.8 Å². The number of hydrogen-bond donors (Lipinski definition) is 1. The number of amides is 2. The van der Waals surface area contributed by atoms with Crippen molar-refractivity contribution >= 4 is 35.2 Å². The highest BCUT2D eigenvalue weighted by Crippen LogP contribution is 2.22. The lowest BCUT2D eigenvalue weighted by Gasteiger charge is -2.15. The fourth-order valence-corrected chi connectivity index (χ4v) is 3.73. The minimum absolute atomic E-state index is 0.0949. The predicted octanol–water partition coefficient (Wildman–Crippen LogP) is 3.19. The number of carbonyl (C=O) groups is 3. The van der Waals surface area contributed by atoms with Gasteiger partial charge in [0.25, 0.3) is 5.91 Å². The van der Waals surface area contributed by atoms with E-state index in [0.717, 1.165) is 22.8 Å². The molecule has 6 nitrogen and oxygen atoms in total. The van der Waals surface area contributed by atoms with Gasteiger partial charge in [0.15, 0.2) is 6.61 Å². The number of esters is 1. The maximum atomic E-state index is 12.1. The third-order valence-electron chi connectivity index (χ3n) is 4.54. The molecule has 0 bridgehead atoms. The first-order valence-electron chi connectivity index (χ1n) is 9.56. The van der Waals surface area contributed by atoms with Gasteiger partial charge >= 0.3 is 5.97 Å². The Hall–Kier alpha value is -2.80. The summed E-state index contributed by atoms with van der Waals surface area (Å²) in [6.45, 7) is 2.91. The fraction of sp³-hybridized carbons (Fsp3) is 0.318. The maximum Gasteiger partial charge on any atom is 0.338 e. The molecule has 0 unspecified atom stereocenters. The summed E-state index contributed by atoms with van der Waals surface area (Å²) in [6.07, 6.45) is 1.41. The van der Waals surface area contributed by atoms with Gasteiger partial charge in [0.2, 0.25) is 5.91 Å². The predicted molar refractivity (Wildman–Crippen MR) is 113 cm³/mol. The molecule has 29 heavy (non-hydrogen) atoms. The molecular formula is C22H24N2O4S. The molecular weight excluding hydrogens is 388 g/mol. The molecule has 0 spiro atoms. The van der Waals surface area contributed by atoms with E-state index < -0.39 is 5.97 Å². The average molecular weight is 413 g/mol. The summed E-state index contributed by atoms with van der Waals surface area (Å²) in [5.41, 5.74) is 2.33. The van der Waals surface area contributed by atoms with Crippen LogP contribution in [0.3, 0.4) is 0 Å². The second-order valence-corrected chi connectivity index (χ2v) is 7.95. The van der Waals surface area contributed by atoms with E-state index in [9.17, 15) is 14.4 Å². The molecule has 0 aliphatic carbocycles. The number of rotatable bonds is 8. The van der Waals surface area contributed by atoms with Gasteiger partial charge in [0.05, 0.1) is 5.56 Å². The third-order valence-corrected chi connectivity index (χ3v) is 5.55. The van der Waals surface area contributed by atoms with Gasteiger partial charge in [0, 0.05) is 35.8 Å². The lowest BCUT2D eigenvalue weighted by Crippen LogP contribution is -2.30. The van der Waals surface area contributed by atoms with E-state index in [2.05, 4.69) is 29.6 Å². The van der Waals surface area contributed by atoms with E-state index in [-0.39, 0.29) is 18.4 Å². The van der Waals surface area contributed by atoms with Crippen molar-refractivity contribution in [3.05, 3.63) is 59.7 Å². The summed E-state index contributed by atoms with van der Waals surface area (Å²) >= 11 is 1.65. The van der Waals surface area contributed by atoms with Crippen molar-refractivity contribution in [3.8, 4) is 0 Å². The second-order valence-electron chi connectivity index (χ2n) is 6.78. The van der Waals surface area contributed by atoms with Gasteiger partial charge in [-0.15, -0.1) is 11.8 Å². The fourth-order valence-electron chi connectivity index (χ4n) is 2.96. The smallest absolute Gasteiger partial charge is 0.338 e. The number of anilines is 1. The van der Waals surface area contributed by atoms with Crippen LogP contribution < -0.4 is 10.2 Å². The molecule has 1 saturated heterocycles. The van der Waals surface area contributed by atoms with Crippen LogP contribution in [0.2, 0.25) is 0 Å². The Morgan fingerprint density at radius 3 is 2.48 bits per heavy atom. The van der Waals surface area contributed by atoms with E-state index >= 15 is 0 Å². The second kappa shape index (κ2) is 10.1. The molecule has 2 aromatic rings. The zero-order valence-electron chi connectivity index (χ0n) is 16.3. The van der Waals surface area contributed by atoms with Crippen molar-refractivity contribution in [2.75, 3.05) is 30.3 Å². The molecule has 0 saturated carbocycles. The first kappa shape index (κ1) is 20.9. The Labute approximate surface area is 174 Å². The number of nitrogens with one attached hydrogen (secondary N) is 1. The summed E-state index contributed by atoms with van der Waals surface area (Å²) in [5, 5.41) is 2.74. The monoisotopic (exact) mass is 412 g/mol. The summed E-state index contributed by atoms with van der Waals surface area (Å²) in [7, 11) is 0. The molecule has 1 fully saturated rings. The number of thioether (sulfide) groups is 1. The number of ether oxygens (including phenoxy) is 1. The topological polar surface area (TPSA) is 75.7 Å². The first-order chi connectivity index (χ1) is 14.0. The first-order valence-corrected chi connectivity index (χ1v) is 10.6. The summed E-state index contributed by atoms with van der Waals surface area (Å²) in [5.74, 6) is -0.0625. The zero-order valence-corrected chi connectivity index (χ0v) is 17.2. The number of hydrogen-bond acceptors (Lipinski definition) is 5. The zero-order chi connectivity index (χ0) is 20.6. The highest BCUT2D eigenvalue weighted by Gasteiger charge is 2.21. The van der Waals surface area contributed by atoms with Gasteiger partial charge in [-0.2, -0.15) is 0 Å². The van der Waals surface area contributed by atoms with Crippen molar-refractivity contribution in [1.82, 2.24) is 5.32 Å². The molecule has 1 aliphatic rings. The highest BCUT2D eigenvalue weighted by molar-refractivity contribution is 7.99. The van der Waals surface area contributed by atoms with Crippen LogP contribution in [-0.4, -0.2) is 43.2 Å². The van der Waals surface area contributed by atoms with Crippen LogP contribution in [0.5, 0.6) is 0 Å². The molecule has 1 heterocycles. The van der Waals surface area contributed by atoms with Crippen LogP contribution in [0.25, 0.3) is 0 Å². The Morgan fingerprint density at radius 1 is 1.10 bits per heavy atom. The summed E-state index contributed by atoms with van der Waals surface area (Å²) in [4.78, 5) is 38.6. The minimum Gasteiger partial charge on any atom is -0.452 e. The quantitative estimate of drug-likeness (QED) is 0.409. The highest BCUT2D eigenvalue weighted by atomic mass is 32.2. The molecule has 7 heteroatoms. The van der Waals surface area contributed by atoms with E-state index in [4.69, 9.17) is 4.74 Å². The summed E-state index contributed by atoms with van der Waals surface area (Å²) in [6, 6.07) is 14.9. The number of aryl methyl sites for hydroxylation is 1. The SMILES string of the molecule is Cc1ccc(SCCNC(=O)COC(=O)c2ccc(N3CCCC3=O)cc2)cc1. The largest absolute Gasteiger partial charge is 0.452 e. The average Bonchev–Trinajstić information content (AvgIpc) is 3.16. The van der Waals surface area contributed by atoms with E-state index in [1.165, 1.54) is 5.56 Å². The van der Waals surface area contributed by atoms with Gasteiger partial charge in [0.1, 0.15) is 0 Å². The van der Waals surface area contributed by atoms with Gasteiger partial charge in [-0.1, -0.05) is 17.7 Å². The van der Waals surface area contributed by atoms with Crippen molar-refractivity contribution in [2.24, 2.45) is 0 Å². The lowest BCUT2D eigenvalue weighted by atomic mass is 10.2. The van der Waals surface area contributed by atoms with Crippen molar-refractivity contribution in [2.45, 2.75) is 24.7 Å². The van der Waals surface area contributed by atoms with E-state index in [1.54, 1.807) is 40.9 Å². The molecule has 1 aliphatic heterocycles. The molecule has 0 radical (unpaired) electrons. The number of nitrogens with zero attached hydrogens (tertiary/aromatic N) is 1. The number of benzene rings is 2. The Bertz CT molecular complexity index is 865. The molecule has 2 amide bonds. The van der Waals surface area contributed by atoms with Crippen LogP contribution in [-0.2, 0) is 14.3 Å². The van der Waals surface area contributed by atoms with Crippen molar-refractivity contribution in [1.29, 1.82) is 0 Å². The minimum atomic E-state index is -0.562. The molecule has 152 valence electrons. The lowest BCUT2D eigenvalue weighted by molar-refractivity contribution is -0.124. The number of carbonyl (C=O) groups excluding carboxylic acids is 3. The Balaban J connectivity index is 1.36. The van der Waals surface area contributed by atoms with Crippen LogP contribution in [0.1, 0.15) is 28.8 Å². The van der Waals surface area contributed by atoms with Crippen molar-refractivity contribution in [3.63, 3.8) is 0 Å². The summed E-state index contributed by atoms with van der Waals surface area (Å²) < 4.78 is 5.07. The van der Waals surface area contributed by atoms with Crippen molar-refractivity contribution < 1.29 is 19.1 Å². The standard InChI is InChI=1S/C22H24N2O4S/c1-16-4-10-19(11-5-16)29-14-12-23-20(25)15-28-22(27)17-6-8-18(9-7-17)24-13-2-3-21(24)26/h4-11H,2-3,12-15H2,1H3,(H,23,25). The van der Waals surface area contributed by atoms with Gasteiger partial charge in [-0.3, -0.25) is 9.59 Å². The third kappa shape index (κ3) is 6.09. The van der Waals surface area contributed by atoms with Gasteiger partial charge in [-0.05, 0) is 49.7 Å². The van der Waals surface area contributed by atoms with Gasteiger partial charge < -0.3 is 15.0 Å². The molecule has 3 rings (SSSR count). The van der Waals surface area contributed by atoms with E-state index in [1.807, 2.05) is 6.92 Å². The van der Waals surface area contributed by atoms with Crippen LogP contribution in [0.4, 0.5) is 5.69 Å².